The highest BCUT2D eigenvalue weighted by Crippen LogP contribution is 2.22. The molecule has 0 radical (unpaired) electrons. The minimum absolute atomic E-state index is 0.138. The van der Waals surface area contributed by atoms with Crippen molar-refractivity contribution >= 4 is 38.4 Å². The summed E-state index contributed by atoms with van der Waals surface area (Å²) in [6.07, 6.45) is 0.463. The molecule has 3 aromatic carbocycles. The van der Waals surface area contributed by atoms with Crippen molar-refractivity contribution in [1.29, 1.82) is 0 Å². The van der Waals surface area contributed by atoms with Crippen LogP contribution in [-0.4, -0.2) is 13.5 Å². The molecule has 0 unspecified atom stereocenters. The number of hydrogen-bond donors (Lipinski definition) is 0. The number of nitrogens with zero attached hydrogens (tertiary/aromatic N) is 1. The molecular formula is C22H20ClNO2S2. The molecule has 0 aliphatic rings. The molecule has 0 spiro atoms. The van der Waals surface area contributed by atoms with E-state index in [9.17, 15) is 8.42 Å². The van der Waals surface area contributed by atoms with Gasteiger partial charge >= 0.3 is 0 Å². The van der Waals surface area contributed by atoms with Gasteiger partial charge in [-0.05, 0) is 42.3 Å². The van der Waals surface area contributed by atoms with E-state index in [2.05, 4.69) is 4.40 Å². The van der Waals surface area contributed by atoms with Crippen molar-refractivity contribution in [1.82, 2.24) is 0 Å². The van der Waals surface area contributed by atoms with E-state index in [1.165, 1.54) is 23.9 Å². The molecule has 0 saturated carbocycles. The lowest BCUT2D eigenvalue weighted by atomic mass is 10.1. The average molecular weight is 430 g/mol. The summed E-state index contributed by atoms with van der Waals surface area (Å²) in [6, 6.07) is 24.0. The summed E-state index contributed by atoms with van der Waals surface area (Å²) in [5, 5.41) is 1.05. The summed E-state index contributed by atoms with van der Waals surface area (Å²) in [4.78, 5) is 0.138. The highest BCUT2D eigenvalue weighted by Gasteiger charge is 2.15. The summed E-state index contributed by atoms with van der Waals surface area (Å²) in [5.74, 6) is 0.654. The van der Waals surface area contributed by atoms with Gasteiger partial charge in [-0.25, -0.2) is 0 Å². The second-order valence-electron chi connectivity index (χ2n) is 6.35. The molecule has 0 heterocycles. The van der Waals surface area contributed by atoms with E-state index in [4.69, 9.17) is 11.6 Å². The molecule has 0 fully saturated rings. The zero-order chi connectivity index (χ0) is 20.0. The van der Waals surface area contributed by atoms with Gasteiger partial charge in [-0.2, -0.15) is 12.8 Å². The molecular weight excluding hydrogens is 410 g/mol. The maximum atomic E-state index is 12.8. The Kier molecular flexibility index (Phi) is 6.94. The number of hydrogen-bond acceptors (Lipinski definition) is 3. The molecule has 144 valence electrons. The van der Waals surface area contributed by atoms with Crippen LogP contribution in [0.1, 0.15) is 16.7 Å². The standard InChI is InChI=1S/C22H20ClNO2S2/c1-17-7-9-18(10-8-17)15-22(27-16-19-5-3-2-4-6-19)24-28(25,26)21-13-11-20(23)12-14-21/h2-14H,15-16H2,1H3/b24-22-. The highest BCUT2D eigenvalue weighted by atomic mass is 35.5. The van der Waals surface area contributed by atoms with Crippen molar-refractivity contribution in [3.63, 3.8) is 0 Å². The molecule has 3 rings (SSSR count). The van der Waals surface area contributed by atoms with Gasteiger partial charge in [-0.1, -0.05) is 71.8 Å². The largest absolute Gasteiger partial charge is 0.283 e. The molecule has 0 atom stereocenters. The van der Waals surface area contributed by atoms with Gasteiger partial charge in [-0.3, -0.25) is 0 Å². The van der Waals surface area contributed by atoms with E-state index in [0.29, 0.717) is 22.2 Å². The van der Waals surface area contributed by atoms with Gasteiger partial charge in [0.05, 0.1) is 9.94 Å². The van der Waals surface area contributed by atoms with Crippen molar-refractivity contribution in [2.75, 3.05) is 0 Å². The Labute approximate surface area is 175 Å². The first-order valence-electron chi connectivity index (χ1n) is 8.74. The van der Waals surface area contributed by atoms with E-state index < -0.39 is 10.0 Å². The Balaban J connectivity index is 1.88. The van der Waals surface area contributed by atoms with Crippen LogP contribution < -0.4 is 0 Å². The van der Waals surface area contributed by atoms with Crippen molar-refractivity contribution in [2.45, 2.75) is 24.0 Å². The highest BCUT2D eigenvalue weighted by molar-refractivity contribution is 8.13. The van der Waals surface area contributed by atoms with E-state index in [1.54, 1.807) is 12.1 Å². The van der Waals surface area contributed by atoms with Gasteiger partial charge in [0, 0.05) is 17.2 Å². The fourth-order valence-corrected chi connectivity index (χ4v) is 4.87. The maximum absolute atomic E-state index is 12.8. The second kappa shape index (κ2) is 9.41. The van der Waals surface area contributed by atoms with Crippen LogP contribution in [0.3, 0.4) is 0 Å². The van der Waals surface area contributed by atoms with Crippen LogP contribution in [0.4, 0.5) is 0 Å². The van der Waals surface area contributed by atoms with Gasteiger partial charge in [0.15, 0.2) is 0 Å². The van der Waals surface area contributed by atoms with E-state index >= 15 is 0 Å². The molecule has 6 heteroatoms. The smallest absolute Gasteiger partial charge is 0.199 e. The third kappa shape index (κ3) is 5.96. The zero-order valence-electron chi connectivity index (χ0n) is 15.4. The normalized spacial score (nSPS) is 12.1. The number of benzene rings is 3. The van der Waals surface area contributed by atoms with Crippen molar-refractivity contribution < 1.29 is 8.42 Å². The second-order valence-corrected chi connectivity index (χ2v) is 9.44. The Morgan fingerprint density at radius 3 is 2.18 bits per heavy atom. The molecule has 3 nitrogen and oxygen atoms in total. The van der Waals surface area contributed by atoms with Crippen molar-refractivity contribution in [3.05, 3.63) is 101 Å². The summed E-state index contributed by atoms with van der Waals surface area (Å²) >= 11 is 7.31. The molecule has 3 aromatic rings. The fraction of sp³-hybridized carbons (Fsp3) is 0.136. The van der Waals surface area contributed by atoms with Crippen LogP contribution in [0.25, 0.3) is 0 Å². The number of aryl methyl sites for hydroxylation is 1. The van der Waals surface area contributed by atoms with Gasteiger partial charge in [0.25, 0.3) is 10.0 Å². The Hall–Kier alpha value is -2.08. The summed E-state index contributed by atoms with van der Waals surface area (Å²) in [5.41, 5.74) is 3.30. The number of halogens is 1. The monoisotopic (exact) mass is 429 g/mol. The lowest BCUT2D eigenvalue weighted by Crippen LogP contribution is -2.06. The van der Waals surface area contributed by atoms with Crippen LogP contribution in [0.15, 0.2) is 88.2 Å². The molecule has 0 aromatic heterocycles. The van der Waals surface area contributed by atoms with Crippen molar-refractivity contribution in [2.24, 2.45) is 4.40 Å². The molecule has 0 bridgehead atoms. The topological polar surface area (TPSA) is 46.5 Å². The quantitative estimate of drug-likeness (QED) is 0.361. The lowest BCUT2D eigenvalue weighted by Gasteiger charge is -2.08. The zero-order valence-corrected chi connectivity index (χ0v) is 17.8. The average Bonchev–Trinajstić information content (AvgIpc) is 2.69. The maximum Gasteiger partial charge on any atom is 0.283 e. The minimum atomic E-state index is -3.80. The summed E-state index contributed by atoms with van der Waals surface area (Å²) in [6.45, 7) is 2.02. The number of sulfonamides is 1. The molecule has 0 aliphatic heterocycles. The van der Waals surface area contributed by atoms with Gasteiger partial charge in [-0.15, -0.1) is 11.8 Å². The third-order valence-corrected chi connectivity index (χ3v) is 6.80. The van der Waals surface area contributed by atoms with E-state index in [1.807, 2.05) is 61.5 Å². The first-order valence-corrected chi connectivity index (χ1v) is 11.5. The molecule has 0 amide bonds. The fourth-order valence-electron chi connectivity index (χ4n) is 2.52. The summed E-state index contributed by atoms with van der Waals surface area (Å²) < 4.78 is 29.7. The van der Waals surface area contributed by atoms with Gasteiger partial charge < -0.3 is 0 Å². The van der Waals surface area contributed by atoms with E-state index in [-0.39, 0.29) is 4.90 Å². The Morgan fingerprint density at radius 1 is 0.893 bits per heavy atom. The van der Waals surface area contributed by atoms with Gasteiger partial charge in [0.1, 0.15) is 0 Å². The van der Waals surface area contributed by atoms with E-state index in [0.717, 1.165) is 16.7 Å². The molecule has 0 aliphatic carbocycles. The lowest BCUT2D eigenvalue weighted by molar-refractivity contribution is 0.598. The first kappa shape index (κ1) is 20.6. The SMILES string of the molecule is Cc1ccc(C/C(=N/S(=O)(=O)c2ccc(Cl)cc2)SCc2ccccc2)cc1. The Morgan fingerprint density at radius 2 is 1.54 bits per heavy atom. The first-order chi connectivity index (χ1) is 13.4. The third-order valence-electron chi connectivity index (χ3n) is 4.06. The van der Waals surface area contributed by atoms with Crippen LogP contribution >= 0.6 is 23.4 Å². The Bertz CT molecular complexity index is 1050. The summed E-state index contributed by atoms with van der Waals surface area (Å²) in [7, 11) is -3.80. The van der Waals surface area contributed by atoms with Crippen LogP contribution in [0, 0.1) is 6.92 Å². The van der Waals surface area contributed by atoms with Crippen molar-refractivity contribution in [3.8, 4) is 0 Å². The number of rotatable bonds is 6. The van der Waals surface area contributed by atoms with Gasteiger partial charge in [0.2, 0.25) is 0 Å². The van der Waals surface area contributed by atoms with Crippen LogP contribution in [0.5, 0.6) is 0 Å². The predicted molar refractivity (Wildman–Crippen MR) is 119 cm³/mol. The number of thioether (sulfide) groups is 1. The molecule has 28 heavy (non-hydrogen) atoms. The van der Waals surface area contributed by atoms with Crippen LogP contribution in [0.2, 0.25) is 5.02 Å². The predicted octanol–water partition coefficient (Wildman–Crippen LogP) is 5.91. The minimum Gasteiger partial charge on any atom is -0.199 e. The van der Waals surface area contributed by atoms with Crippen LogP contribution in [-0.2, 0) is 22.2 Å². The molecule has 0 N–H and O–H groups in total. The molecule has 0 saturated heterocycles.